The van der Waals surface area contributed by atoms with E-state index in [1.165, 1.54) is 0 Å². The summed E-state index contributed by atoms with van der Waals surface area (Å²) in [6.45, 7) is 0.567. The van der Waals surface area contributed by atoms with Gasteiger partial charge < -0.3 is 11.1 Å². The van der Waals surface area contributed by atoms with Gasteiger partial charge in [0.05, 0.1) is 11.5 Å². The number of rotatable bonds is 3. The molecule has 19 heavy (non-hydrogen) atoms. The molecule has 2 atom stereocenters. The van der Waals surface area contributed by atoms with Crippen molar-refractivity contribution in [3.05, 3.63) is 0 Å². The third-order valence-corrected chi connectivity index (χ3v) is 6.17. The van der Waals surface area contributed by atoms with E-state index in [9.17, 15) is 13.2 Å². The first-order valence-corrected chi connectivity index (χ1v) is 9.05. The van der Waals surface area contributed by atoms with Crippen LogP contribution in [-0.4, -0.2) is 38.4 Å². The van der Waals surface area contributed by atoms with Gasteiger partial charge in [-0.1, -0.05) is 12.8 Å². The van der Waals surface area contributed by atoms with E-state index in [-0.39, 0.29) is 29.4 Å². The normalized spacial score (nSPS) is 31.8. The fraction of sp³-hybridized carbons (Fsp3) is 0.923. The Hall–Kier alpha value is -0.620. The average Bonchev–Trinajstić information content (AvgIpc) is 2.41. The van der Waals surface area contributed by atoms with E-state index < -0.39 is 9.84 Å². The first-order chi connectivity index (χ1) is 9.02. The molecular weight excluding hydrogens is 264 g/mol. The lowest BCUT2D eigenvalue weighted by atomic mass is 9.78. The van der Waals surface area contributed by atoms with Crippen molar-refractivity contribution in [2.75, 3.05) is 18.1 Å². The summed E-state index contributed by atoms with van der Waals surface area (Å²) in [5.74, 6) is 0.795. The van der Waals surface area contributed by atoms with Crippen molar-refractivity contribution in [1.29, 1.82) is 0 Å². The van der Waals surface area contributed by atoms with E-state index in [0.29, 0.717) is 25.3 Å². The molecule has 2 fully saturated rings. The van der Waals surface area contributed by atoms with Gasteiger partial charge in [-0.05, 0) is 38.1 Å². The monoisotopic (exact) mass is 288 g/mol. The molecule has 3 N–H and O–H groups in total. The highest BCUT2D eigenvalue weighted by molar-refractivity contribution is 7.91. The number of carbonyl (C=O) groups excluding carboxylic acids is 1. The highest BCUT2D eigenvalue weighted by atomic mass is 32.2. The summed E-state index contributed by atoms with van der Waals surface area (Å²) in [5, 5.41) is 3.03. The first kappa shape index (κ1) is 14.8. The van der Waals surface area contributed by atoms with Gasteiger partial charge in [0.2, 0.25) is 5.91 Å². The molecule has 0 radical (unpaired) electrons. The number of amides is 1. The van der Waals surface area contributed by atoms with Crippen LogP contribution < -0.4 is 11.1 Å². The molecule has 1 heterocycles. The van der Waals surface area contributed by atoms with E-state index in [1.54, 1.807) is 0 Å². The molecule has 2 unspecified atom stereocenters. The molecule has 2 aliphatic rings. The van der Waals surface area contributed by atoms with Gasteiger partial charge in [0, 0.05) is 12.0 Å². The fourth-order valence-electron chi connectivity index (χ4n) is 3.18. The van der Waals surface area contributed by atoms with Gasteiger partial charge in [-0.3, -0.25) is 4.79 Å². The lowest BCUT2D eigenvalue weighted by Gasteiger charge is -2.32. The summed E-state index contributed by atoms with van der Waals surface area (Å²) in [6, 6.07) is 0.0244. The van der Waals surface area contributed by atoms with Gasteiger partial charge in [0.1, 0.15) is 9.84 Å². The highest BCUT2D eigenvalue weighted by Gasteiger charge is 2.32. The zero-order valence-electron chi connectivity index (χ0n) is 11.3. The Morgan fingerprint density at radius 3 is 2.37 bits per heavy atom. The predicted octanol–water partition coefficient (Wildman–Crippen LogP) is 0.445. The summed E-state index contributed by atoms with van der Waals surface area (Å²) < 4.78 is 22.7. The Bertz CT molecular complexity index is 408. The van der Waals surface area contributed by atoms with Crippen LogP contribution >= 0.6 is 0 Å². The van der Waals surface area contributed by atoms with Crippen molar-refractivity contribution < 1.29 is 13.2 Å². The lowest BCUT2D eigenvalue weighted by Crippen LogP contribution is -2.46. The van der Waals surface area contributed by atoms with Crippen LogP contribution in [0.5, 0.6) is 0 Å². The van der Waals surface area contributed by atoms with Crippen LogP contribution in [0, 0.1) is 11.8 Å². The first-order valence-electron chi connectivity index (χ1n) is 7.22. The van der Waals surface area contributed by atoms with Crippen LogP contribution in [-0.2, 0) is 14.6 Å². The average molecular weight is 288 g/mol. The second-order valence-electron chi connectivity index (χ2n) is 5.82. The Morgan fingerprint density at radius 1 is 1.11 bits per heavy atom. The molecule has 1 saturated heterocycles. The van der Waals surface area contributed by atoms with Crippen molar-refractivity contribution in [1.82, 2.24) is 5.32 Å². The van der Waals surface area contributed by atoms with Gasteiger partial charge in [-0.25, -0.2) is 8.42 Å². The number of sulfone groups is 1. The van der Waals surface area contributed by atoms with Gasteiger partial charge in [-0.2, -0.15) is 0 Å². The highest BCUT2D eigenvalue weighted by Crippen LogP contribution is 2.29. The molecule has 0 bridgehead atoms. The SMILES string of the molecule is NCC1CCCCC1C(=O)NC1CCS(=O)(=O)CC1. The third-order valence-electron chi connectivity index (χ3n) is 4.45. The van der Waals surface area contributed by atoms with Crippen molar-refractivity contribution >= 4 is 15.7 Å². The van der Waals surface area contributed by atoms with E-state index >= 15 is 0 Å². The molecule has 6 heteroatoms. The summed E-state index contributed by atoms with van der Waals surface area (Å²) >= 11 is 0. The Kier molecular flexibility index (Phi) is 4.84. The minimum Gasteiger partial charge on any atom is -0.353 e. The molecule has 0 aromatic rings. The molecule has 0 aromatic heterocycles. The minimum atomic E-state index is -2.86. The number of carbonyl (C=O) groups is 1. The maximum absolute atomic E-state index is 12.3. The van der Waals surface area contributed by atoms with Crippen molar-refractivity contribution in [3.8, 4) is 0 Å². The maximum atomic E-state index is 12.3. The van der Waals surface area contributed by atoms with E-state index in [4.69, 9.17) is 5.73 Å². The van der Waals surface area contributed by atoms with Crippen molar-refractivity contribution in [2.24, 2.45) is 17.6 Å². The molecule has 110 valence electrons. The fourth-order valence-corrected chi connectivity index (χ4v) is 4.67. The van der Waals surface area contributed by atoms with Gasteiger partial charge in [0.25, 0.3) is 0 Å². The van der Waals surface area contributed by atoms with Crippen molar-refractivity contribution in [2.45, 2.75) is 44.6 Å². The number of nitrogens with one attached hydrogen (secondary N) is 1. The Labute approximate surface area is 115 Å². The van der Waals surface area contributed by atoms with Crippen LogP contribution in [0.2, 0.25) is 0 Å². The van der Waals surface area contributed by atoms with Crippen LogP contribution in [0.4, 0.5) is 0 Å². The summed E-state index contributed by atoms with van der Waals surface area (Å²) in [5.41, 5.74) is 5.74. The van der Waals surface area contributed by atoms with E-state index in [0.717, 1.165) is 25.7 Å². The van der Waals surface area contributed by atoms with Gasteiger partial charge in [-0.15, -0.1) is 0 Å². The standard InChI is InChI=1S/C13H24N2O3S/c14-9-10-3-1-2-4-12(10)13(16)15-11-5-7-19(17,18)8-6-11/h10-12H,1-9,14H2,(H,15,16). The number of hydrogen-bond donors (Lipinski definition) is 2. The summed E-state index contributed by atoms with van der Waals surface area (Å²) in [7, 11) is -2.86. The van der Waals surface area contributed by atoms with E-state index in [1.807, 2.05) is 0 Å². The maximum Gasteiger partial charge on any atom is 0.223 e. The zero-order valence-corrected chi connectivity index (χ0v) is 12.1. The third kappa shape index (κ3) is 3.92. The molecular formula is C13H24N2O3S. The minimum absolute atomic E-state index is 0.0244. The molecule has 2 rings (SSSR count). The summed E-state index contributed by atoms with van der Waals surface area (Å²) in [4.78, 5) is 12.3. The number of nitrogens with two attached hydrogens (primary N) is 1. The molecule has 0 spiro atoms. The van der Waals surface area contributed by atoms with Crippen LogP contribution in [0.3, 0.4) is 0 Å². The lowest BCUT2D eigenvalue weighted by molar-refractivity contribution is -0.128. The molecule has 1 amide bonds. The second kappa shape index (κ2) is 6.22. The molecule has 1 aliphatic heterocycles. The number of hydrogen-bond acceptors (Lipinski definition) is 4. The molecule has 5 nitrogen and oxygen atoms in total. The zero-order chi connectivity index (χ0) is 13.9. The van der Waals surface area contributed by atoms with Gasteiger partial charge in [0.15, 0.2) is 0 Å². The Morgan fingerprint density at radius 2 is 1.74 bits per heavy atom. The van der Waals surface area contributed by atoms with Crippen LogP contribution in [0.25, 0.3) is 0 Å². The topological polar surface area (TPSA) is 89.3 Å². The Balaban J connectivity index is 1.86. The quantitative estimate of drug-likeness (QED) is 0.789. The molecule has 0 aromatic carbocycles. The summed E-state index contributed by atoms with van der Waals surface area (Å²) in [6.07, 6.45) is 5.30. The smallest absolute Gasteiger partial charge is 0.223 e. The van der Waals surface area contributed by atoms with E-state index in [2.05, 4.69) is 5.32 Å². The van der Waals surface area contributed by atoms with Crippen molar-refractivity contribution in [3.63, 3.8) is 0 Å². The predicted molar refractivity (Wildman–Crippen MR) is 74.3 cm³/mol. The van der Waals surface area contributed by atoms with Crippen LogP contribution in [0.15, 0.2) is 0 Å². The van der Waals surface area contributed by atoms with Crippen LogP contribution in [0.1, 0.15) is 38.5 Å². The van der Waals surface area contributed by atoms with Gasteiger partial charge >= 0.3 is 0 Å². The molecule has 1 saturated carbocycles. The molecule has 1 aliphatic carbocycles. The largest absolute Gasteiger partial charge is 0.353 e. The second-order valence-corrected chi connectivity index (χ2v) is 8.13.